The molecule has 2 aromatic heterocycles. The lowest BCUT2D eigenvalue weighted by molar-refractivity contribution is -0.114. The molecule has 0 unspecified atom stereocenters. The van der Waals surface area contributed by atoms with Gasteiger partial charge in [0.15, 0.2) is 5.13 Å². The Morgan fingerprint density at radius 3 is 2.90 bits per heavy atom. The first-order chi connectivity index (χ1) is 9.63. The summed E-state index contributed by atoms with van der Waals surface area (Å²) in [6.45, 7) is 1.43. The van der Waals surface area contributed by atoms with Gasteiger partial charge in [-0.2, -0.15) is 0 Å². The number of benzene rings is 1. The van der Waals surface area contributed by atoms with Gasteiger partial charge in [-0.1, -0.05) is 11.3 Å². The molecule has 0 spiro atoms. The van der Waals surface area contributed by atoms with Gasteiger partial charge >= 0.3 is 0 Å². The number of hydrogen-bond acceptors (Lipinski definition) is 5. The van der Waals surface area contributed by atoms with Crippen molar-refractivity contribution in [3.8, 4) is 0 Å². The molecule has 6 nitrogen and oxygen atoms in total. The van der Waals surface area contributed by atoms with E-state index in [1.807, 2.05) is 0 Å². The number of carbonyl (C=O) groups excluding carboxylic acids is 2. The van der Waals surface area contributed by atoms with E-state index in [2.05, 4.69) is 15.3 Å². The summed E-state index contributed by atoms with van der Waals surface area (Å²) in [5.74, 6) is -0.322. The molecular formula is C13H10N4O2S. The Kier molecular flexibility index (Phi) is 3.03. The lowest BCUT2D eigenvalue weighted by Gasteiger charge is -2.00. The van der Waals surface area contributed by atoms with Gasteiger partial charge in [-0.15, -0.1) is 0 Å². The van der Waals surface area contributed by atoms with Crippen LogP contribution in [0.4, 0.5) is 5.13 Å². The molecule has 7 heteroatoms. The van der Waals surface area contributed by atoms with E-state index in [1.54, 1.807) is 30.6 Å². The van der Waals surface area contributed by atoms with Crippen molar-refractivity contribution >= 4 is 38.5 Å². The predicted octanol–water partition coefficient (Wildman–Crippen LogP) is 2.14. The molecule has 2 heterocycles. The summed E-state index contributed by atoms with van der Waals surface area (Å²) in [5.41, 5.74) is 1.30. The normalized spacial score (nSPS) is 10.7. The number of thiazole rings is 1. The van der Waals surface area contributed by atoms with E-state index in [-0.39, 0.29) is 11.8 Å². The minimum atomic E-state index is -0.168. The van der Waals surface area contributed by atoms with Gasteiger partial charge < -0.3 is 5.32 Å². The zero-order chi connectivity index (χ0) is 14.1. The molecule has 0 aliphatic rings. The summed E-state index contributed by atoms with van der Waals surface area (Å²) in [5, 5.41) is 3.17. The summed E-state index contributed by atoms with van der Waals surface area (Å²) in [6.07, 6.45) is 4.61. The maximum Gasteiger partial charge on any atom is 0.263 e. The number of carbonyl (C=O) groups is 2. The summed E-state index contributed by atoms with van der Waals surface area (Å²) in [7, 11) is 0. The van der Waals surface area contributed by atoms with Gasteiger partial charge in [0, 0.05) is 24.9 Å². The van der Waals surface area contributed by atoms with Crippen molar-refractivity contribution < 1.29 is 9.59 Å². The molecule has 0 radical (unpaired) electrons. The second-order valence-corrected chi connectivity index (χ2v) is 5.19. The molecule has 1 aromatic carbocycles. The molecule has 0 atom stereocenters. The van der Waals surface area contributed by atoms with Crippen molar-refractivity contribution in [2.75, 3.05) is 5.32 Å². The quantitative estimate of drug-likeness (QED) is 0.783. The van der Waals surface area contributed by atoms with Gasteiger partial charge in [0.1, 0.15) is 6.33 Å². The van der Waals surface area contributed by atoms with Gasteiger partial charge in [0.2, 0.25) is 5.91 Å². The van der Waals surface area contributed by atoms with Crippen LogP contribution in [0.1, 0.15) is 17.3 Å². The third kappa shape index (κ3) is 2.30. The van der Waals surface area contributed by atoms with E-state index >= 15 is 0 Å². The Bertz CT molecular complexity index is 792. The fraction of sp³-hybridized carbons (Fsp3) is 0.0769. The molecule has 0 saturated carbocycles. The molecule has 0 bridgehead atoms. The first kappa shape index (κ1) is 12.5. The third-order valence-electron chi connectivity index (χ3n) is 2.66. The minimum absolute atomic E-state index is 0.154. The van der Waals surface area contributed by atoms with Crippen LogP contribution >= 0.6 is 11.3 Å². The molecule has 100 valence electrons. The molecule has 0 aliphatic carbocycles. The van der Waals surface area contributed by atoms with Crippen LogP contribution in [0.2, 0.25) is 0 Å². The highest BCUT2D eigenvalue weighted by molar-refractivity contribution is 7.22. The zero-order valence-electron chi connectivity index (χ0n) is 10.5. The van der Waals surface area contributed by atoms with Crippen molar-refractivity contribution in [2.24, 2.45) is 0 Å². The summed E-state index contributed by atoms with van der Waals surface area (Å²) in [4.78, 5) is 31.3. The molecule has 1 N–H and O–H groups in total. The van der Waals surface area contributed by atoms with Crippen molar-refractivity contribution in [1.29, 1.82) is 0 Å². The number of rotatable bonds is 2. The van der Waals surface area contributed by atoms with E-state index < -0.39 is 0 Å². The number of anilines is 1. The van der Waals surface area contributed by atoms with Gasteiger partial charge in [-0.3, -0.25) is 14.2 Å². The van der Waals surface area contributed by atoms with E-state index in [4.69, 9.17) is 0 Å². The Hall–Kier alpha value is -2.54. The maximum atomic E-state index is 12.2. The fourth-order valence-corrected chi connectivity index (χ4v) is 2.74. The third-order valence-corrected chi connectivity index (χ3v) is 3.59. The molecule has 3 aromatic rings. The number of nitrogens with zero attached hydrogens (tertiary/aromatic N) is 3. The van der Waals surface area contributed by atoms with Crippen LogP contribution in [0.25, 0.3) is 10.2 Å². The van der Waals surface area contributed by atoms with Crippen LogP contribution in [0, 0.1) is 0 Å². The smallest absolute Gasteiger partial charge is 0.263 e. The summed E-state index contributed by atoms with van der Waals surface area (Å²) < 4.78 is 2.26. The number of aromatic nitrogens is 3. The van der Waals surface area contributed by atoms with Crippen LogP contribution in [0.5, 0.6) is 0 Å². The highest BCUT2D eigenvalue weighted by atomic mass is 32.1. The number of amides is 1. The molecule has 20 heavy (non-hydrogen) atoms. The maximum absolute atomic E-state index is 12.2. The Balaban J connectivity index is 1.98. The second kappa shape index (κ2) is 4.86. The van der Waals surface area contributed by atoms with Crippen LogP contribution in [-0.4, -0.2) is 26.3 Å². The number of hydrogen-bond donors (Lipinski definition) is 1. The van der Waals surface area contributed by atoms with Crippen LogP contribution in [-0.2, 0) is 4.79 Å². The van der Waals surface area contributed by atoms with Gasteiger partial charge in [-0.25, -0.2) is 9.97 Å². The number of nitrogens with one attached hydrogen (secondary N) is 1. The van der Waals surface area contributed by atoms with Crippen molar-refractivity contribution in [3.05, 3.63) is 42.5 Å². The van der Waals surface area contributed by atoms with E-state index in [1.165, 1.54) is 29.2 Å². The van der Waals surface area contributed by atoms with Gasteiger partial charge in [-0.05, 0) is 18.2 Å². The molecular weight excluding hydrogens is 276 g/mol. The van der Waals surface area contributed by atoms with E-state index in [9.17, 15) is 9.59 Å². The average molecular weight is 286 g/mol. The average Bonchev–Trinajstić information content (AvgIpc) is 3.04. The summed E-state index contributed by atoms with van der Waals surface area (Å²) >= 11 is 1.33. The van der Waals surface area contributed by atoms with Gasteiger partial charge in [0.25, 0.3) is 5.91 Å². The number of imidazole rings is 1. The lowest BCUT2D eigenvalue weighted by Crippen LogP contribution is -2.09. The largest absolute Gasteiger partial charge is 0.302 e. The van der Waals surface area contributed by atoms with Crippen LogP contribution in [0.3, 0.4) is 0 Å². The van der Waals surface area contributed by atoms with E-state index in [0.717, 1.165) is 10.2 Å². The van der Waals surface area contributed by atoms with Crippen LogP contribution in [0.15, 0.2) is 36.9 Å². The molecule has 0 fully saturated rings. The zero-order valence-corrected chi connectivity index (χ0v) is 11.3. The second-order valence-electron chi connectivity index (χ2n) is 4.16. The number of fused-ring (bicyclic) bond motifs is 1. The SMILES string of the molecule is CC(=O)Nc1nc2ccc(C(=O)n3ccnc3)cc2s1. The highest BCUT2D eigenvalue weighted by Crippen LogP contribution is 2.27. The Morgan fingerprint density at radius 1 is 1.35 bits per heavy atom. The predicted molar refractivity (Wildman–Crippen MR) is 75.9 cm³/mol. The minimum Gasteiger partial charge on any atom is -0.302 e. The van der Waals surface area contributed by atoms with Crippen molar-refractivity contribution in [2.45, 2.75) is 6.92 Å². The topological polar surface area (TPSA) is 76.9 Å². The first-order valence-corrected chi connectivity index (χ1v) is 6.66. The van der Waals surface area contributed by atoms with Crippen molar-refractivity contribution in [3.63, 3.8) is 0 Å². The van der Waals surface area contributed by atoms with E-state index in [0.29, 0.717) is 10.7 Å². The molecule has 0 aliphatic heterocycles. The lowest BCUT2D eigenvalue weighted by atomic mass is 10.2. The molecule has 3 rings (SSSR count). The standard InChI is InChI=1S/C13H10N4O2S/c1-8(18)15-13-16-10-3-2-9(6-11(10)20-13)12(19)17-5-4-14-7-17/h2-7H,1H3,(H,15,16,18). The molecule has 0 saturated heterocycles. The van der Waals surface area contributed by atoms with Gasteiger partial charge in [0.05, 0.1) is 10.2 Å². The first-order valence-electron chi connectivity index (χ1n) is 5.84. The molecule has 1 amide bonds. The highest BCUT2D eigenvalue weighted by Gasteiger charge is 2.11. The monoisotopic (exact) mass is 286 g/mol. The summed E-state index contributed by atoms with van der Waals surface area (Å²) in [6, 6.07) is 5.24. The Labute approximate surface area is 118 Å². The fourth-order valence-electron chi connectivity index (χ4n) is 1.79. The Morgan fingerprint density at radius 2 is 2.20 bits per heavy atom. The van der Waals surface area contributed by atoms with Crippen molar-refractivity contribution in [1.82, 2.24) is 14.5 Å². The van der Waals surface area contributed by atoms with Crippen LogP contribution < -0.4 is 5.32 Å².